The van der Waals surface area contributed by atoms with E-state index in [1.165, 1.54) is 23.5 Å². The summed E-state index contributed by atoms with van der Waals surface area (Å²) in [4.78, 5) is 29.1. The van der Waals surface area contributed by atoms with Crippen LogP contribution in [-0.4, -0.2) is 33.4 Å². The van der Waals surface area contributed by atoms with Gasteiger partial charge in [0.25, 0.3) is 0 Å². The van der Waals surface area contributed by atoms with Gasteiger partial charge in [-0.1, -0.05) is 30.4 Å². The molecule has 0 radical (unpaired) electrons. The summed E-state index contributed by atoms with van der Waals surface area (Å²) in [5.74, 6) is -0.317. The normalized spacial score (nSPS) is 16.8. The number of rotatable bonds is 5. The number of hydrogen-bond donors (Lipinski definition) is 1. The summed E-state index contributed by atoms with van der Waals surface area (Å²) in [6.45, 7) is 3.21. The predicted molar refractivity (Wildman–Crippen MR) is 103 cm³/mol. The number of benzene rings is 1. The van der Waals surface area contributed by atoms with E-state index in [1.54, 1.807) is 18.3 Å². The molecule has 3 aromatic rings. The van der Waals surface area contributed by atoms with Crippen LogP contribution in [-0.2, 0) is 17.8 Å². The van der Waals surface area contributed by atoms with Crippen molar-refractivity contribution < 1.29 is 9.18 Å². The minimum absolute atomic E-state index is 0.0359. The molecular formula is C19H20FN5OS. The first kappa shape index (κ1) is 17.8. The van der Waals surface area contributed by atoms with Crippen molar-refractivity contribution in [2.75, 3.05) is 11.4 Å². The van der Waals surface area contributed by atoms with Crippen LogP contribution in [0.1, 0.15) is 31.0 Å². The van der Waals surface area contributed by atoms with Crippen LogP contribution in [0.15, 0.2) is 30.5 Å². The number of hydrogen-bond acceptors (Lipinski definition) is 6. The highest BCUT2D eigenvalue weighted by molar-refractivity contribution is 7.21. The van der Waals surface area contributed by atoms with Crippen LogP contribution < -0.4 is 10.2 Å². The van der Waals surface area contributed by atoms with E-state index in [4.69, 9.17) is 0 Å². The van der Waals surface area contributed by atoms with Gasteiger partial charge in [0.1, 0.15) is 11.9 Å². The zero-order valence-corrected chi connectivity index (χ0v) is 15.8. The third kappa shape index (κ3) is 3.75. The zero-order chi connectivity index (χ0) is 18.8. The van der Waals surface area contributed by atoms with Crippen molar-refractivity contribution in [3.63, 3.8) is 0 Å². The average Bonchev–Trinajstić information content (AvgIpc) is 3.33. The quantitative estimate of drug-likeness (QED) is 0.731. The summed E-state index contributed by atoms with van der Waals surface area (Å²) < 4.78 is 13.0. The van der Waals surface area contributed by atoms with Crippen molar-refractivity contribution in [1.29, 1.82) is 0 Å². The smallest absolute Gasteiger partial charge is 0.243 e. The van der Waals surface area contributed by atoms with Gasteiger partial charge < -0.3 is 10.2 Å². The van der Waals surface area contributed by atoms with E-state index in [9.17, 15) is 9.18 Å². The Labute approximate surface area is 160 Å². The highest BCUT2D eigenvalue weighted by Crippen LogP contribution is 2.32. The second-order valence-electron chi connectivity index (χ2n) is 6.54. The van der Waals surface area contributed by atoms with Crippen LogP contribution in [0.5, 0.6) is 0 Å². The summed E-state index contributed by atoms with van der Waals surface area (Å²) in [5.41, 5.74) is 2.44. The standard InChI is InChI=1S/C19H20FN5OS/c1-2-14-11-21-16-18(23-14)27-19(24-16)25-9-3-4-15(25)17(26)22-10-12-5-7-13(20)8-6-12/h5-8,11,15H,2-4,9-10H2,1H3,(H,22,26)/t15-/m1/s1. The molecule has 27 heavy (non-hydrogen) atoms. The topological polar surface area (TPSA) is 71.0 Å². The maximum atomic E-state index is 13.0. The molecule has 1 saturated heterocycles. The van der Waals surface area contributed by atoms with Gasteiger partial charge in [-0.05, 0) is 37.0 Å². The van der Waals surface area contributed by atoms with Gasteiger partial charge in [-0.15, -0.1) is 0 Å². The number of aromatic nitrogens is 3. The molecule has 3 heterocycles. The lowest BCUT2D eigenvalue weighted by Crippen LogP contribution is -2.43. The van der Waals surface area contributed by atoms with Gasteiger partial charge in [-0.25, -0.2) is 14.4 Å². The van der Waals surface area contributed by atoms with Crippen LogP contribution in [0.3, 0.4) is 0 Å². The molecule has 1 atom stereocenters. The van der Waals surface area contributed by atoms with Gasteiger partial charge in [0, 0.05) is 13.1 Å². The second-order valence-corrected chi connectivity index (χ2v) is 7.49. The Hall–Kier alpha value is -2.61. The molecule has 0 saturated carbocycles. The van der Waals surface area contributed by atoms with Gasteiger partial charge in [-0.2, -0.15) is 4.98 Å². The number of anilines is 1. The van der Waals surface area contributed by atoms with Crippen LogP contribution in [0.4, 0.5) is 9.52 Å². The number of aryl methyl sites for hydroxylation is 1. The minimum atomic E-state index is -0.281. The third-order valence-corrected chi connectivity index (χ3v) is 5.68. The first-order valence-electron chi connectivity index (χ1n) is 9.05. The Morgan fingerprint density at radius 1 is 1.33 bits per heavy atom. The lowest BCUT2D eigenvalue weighted by molar-refractivity contribution is -0.122. The Morgan fingerprint density at radius 3 is 2.93 bits per heavy atom. The van der Waals surface area contributed by atoms with E-state index >= 15 is 0 Å². The first-order chi connectivity index (χ1) is 13.1. The highest BCUT2D eigenvalue weighted by Gasteiger charge is 2.32. The number of thiazole rings is 1. The number of carbonyl (C=O) groups excluding carboxylic acids is 1. The molecule has 0 bridgehead atoms. The third-order valence-electron chi connectivity index (χ3n) is 4.71. The van der Waals surface area contributed by atoms with Crippen LogP contribution in [0.25, 0.3) is 10.5 Å². The molecule has 1 aliphatic heterocycles. The van der Waals surface area contributed by atoms with Crippen molar-refractivity contribution in [3.8, 4) is 0 Å². The molecule has 1 amide bonds. The summed E-state index contributed by atoms with van der Waals surface area (Å²) in [5, 5.41) is 3.74. The SMILES string of the molecule is CCc1cnc2nc(N3CCC[C@@H]3C(=O)NCc3ccc(F)cc3)sc2n1. The molecule has 0 spiro atoms. The number of nitrogens with one attached hydrogen (secondary N) is 1. The largest absolute Gasteiger partial charge is 0.350 e. The maximum Gasteiger partial charge on any atom is 0.243 e. The predicted octanol–water partition coefficient (Wildman–Crippen LogP) is 3.07. The Balaban J connectivity index is 1.48. The van der Waals surface area contributed by atoms with Crippen LogP contribution >= 0.6 is 11.3 Å². The molecule has 0 unspecified atom stereocenters. The number of halogens is 1. The fraction of sp³-hybridized carbons (Fsp3) is 0.368. The molecule has 1 aliphatic rings. The zero-order valence-electron chi connectivity index (χ0n) is 15.0. The number of amides is 1. The van der Waals surface area contributed by atoms with Crippen molar-refractivity contribution >= 4 is 32.9 Å². The van der Waals surface area contributed by atoms with Crippen molar-refractivity contribution in [1.82, 2.24) is 20.3 Å². The first-order valence-corrected chi connectivity index (χ1v) is 9.87. The monoisotopic (exact) mass is 385 g/mol. The van der Waals surface area contributed by atoms with E-state index < -0.39 is 0 Å². The van der Waals surface area contributed by atoms with E-state index in [-0.39, 0.29) is 17.8 Å². The van der Waals surface area contributed by atoms with Crippen LogP contribution in [0.2, 0.25) is 0 Å². The molecule has 2 aromatic heterocycles. The van der Waals surface area contributed by atoms with Crippen molar-refractivity contribution in [2.45, 2.75) is 38.8 Å². The second kappa shape index (κ2) is 7.56. The number of nitrogens with zero attached hydrogens (tertiary/aromatic N) is 4. The molecule has 140 valence electrons. The number of fused-ring (bicyclic) bond motifs is 1. The van der Waals surface area contributed by atoms with Crippen LogP contribution in [0, 0.1) is 5.82 Å². The fourth-order valence-corrected chi connectivity index (χ4v) is 4.21. The van der Waals surface area contributed by atoms with Crippen molar-refractivity contribution in [2.24, 2.45) is 0 Å². The van der Waals surface area contributed by atoms with E-state index in [1.807, 2.05) is 11.8 Å². The average molecular weight is 385 g/mol. The summed E-state index contributed by atoms with van der Waals surface area (Å²) in [6, 6.07) is 5.90. The van der Waals surface area contributed by atoms with E-state index in [0.29, 0.717) is 12.2 Å². The maximum absolute atomic E-state index is 13.0. The minimum Gasteiger partial charge on any atom is -0.350 e. The molecule has 1 N–H and O–H groups in total. The highest BCUT2D eigenvalue weighted by atomic mass is 32.1. The lowest BCUT2D eigenvalue weighted by atomic mass is 10.2. The number of carbonyl (C=O) groups is 1. The van der Waals surface area contributed by atoms with Gasteiger partial charge >= 0.3 is 0 Å². The summed E-state index contributed by atoms with van der Waals surface area (Å²) in [6.07, 6.45) is 4.30. The van der Waals surface area contributed by atoms with Gasteiger partial charge in [-0.3, -0.25) is 4.79 Å². The Bertz CT molecular complexity index is 958. The van der Waals surface area contributed by atoms with Gasteiger partial charge in [0.05, 0.1) is 11.9 Å². The lowest BCUT2D eigenvalue weighted by Gasteiger charge is -2.23. The fourth-order valence-electron chi connectivity index (χ4n) is 3.22. The van der Waals surface area contributed by atoms with Crippen molar-refractivity contribution in [3.05, 3.63) is 47.5 Å². The Morgan fingerprint density at radius 2 is 2.15 bits per heavy atom. The molecular weight excluding hydrogens is 365 g/mol. The molecule has 8 heteroatoms. The van der Waals surface area contributed by atoms with Gasteiger partial charge in [0.15, 0.2) is 15.6 Å². The van der Waals surface area contributed by atoms with E-state index in [0.717, 1.165) is 47.0 Å². The van der Waals surface area contributed by atoms with Gasteiger partial charge in [0.2, 0.25) is 5.91 Å². The Kier molecular flexibility index (Phi) is 4.98. The molecule has 4 rings (SSSR count). The molecule has 0 aliphatic carbocycles. The summed E-state index contributed by atoms with van der Waals surface area (Å²) >= 11 is 1.48. The molecule has 1 fully saturated rings. The summed E-state index contributed by atoms with van der Waals surface area (Å²) in [7, 11) is 0. The molecule has 6 nitrogen and oxygen atoms in total. The van der Waals surface area contributed by atoms with E-state index in [2.05, 4.69) is 20.3 Å². The molecule has 1 aromatic carbocycles.